The summed E-state index contributed by atoms with van der Waals surface area (Å²) in [6.45, 7) is 9.44. The lowest BCUT2D eigenvalue weighted by molar-refractivity contribution is 0.441. The minimum absolute atomic E-state index is 0.537. The largest absolute Gasteiger partial charge is 0.308 e. The average molecular weight is 294 g/mol. The van der Waals surface area contributed by atoms with Crippen molar-refractivity contribution in [1.29, 1.82) is 0 Å². The second-order valence-corrected chi connectivity index (χ2v) is 7.45. The van der Waals surface area contributed by atoms with Gasteiger partial charge in [-0.15, -0.1) is 0 Å². The molecule has 124 valence electrons. The maximum absolute atomic E-state index is 3.61. The van der Waals surface area contributed by atoms with E-state index in [-0.39, 0.29) is 0 Å². The van der Waals surface area contributed by atoms with Gasteiger partial charge in [-0.3, -0.25) is 0 Å². The van der Waals surface area contributed by atoms with Crippen LogP contribution < -0.4 is 10.6 Å². The van der Waals surface area contributed by atoms with Crippen LogP contribution >= 0.6 is 0 Å². The third-order valence-electron chi connectivity index (χ3n) is 5.12. The van der Waals surface area contributed by atoms with Gasteiger partial charge in [0.05, 0.1) is 0 Å². The molecule has 1 rings (SSSR count). The molecule has 0 radical (unpaired) electrons. The fraction of sp³-hybridized carbons (Fsp3) is 1.00. The summed E-state index contributed by atoms with van der Waals surface area (Å²) < 4.78 is 0. The van der Waals surface area contributed by atoms with E-state index in [0.29, 0.717) is 11.4 Å². The number of unbranched alkanes of at least 4 members (excludes halogenated alkanes) is 7. The van der Waals surface area contributed by atoms with Gasteiger partial charge in [-0.1, -0.05) is 96.7 Å². The van der Waals surface area contributed by atoms with Crippen molar-refractivity contribution < 1.29 is 0 Å². The quantitative estimate of drug-likeness (QED) is 0.388. The van der Waals surface area contributed by atoms with Crippen molar-refractivity contribution in [1.82, 2.24) is 10.6 Å². The molecule has 1 saturated heterocycles. The zero-order chi connectivity index (χ0) is 15.4. The minimum atomic E-state index is 0.537. The van der Waals surface area contributed by atoms with Gasteiger partial charge in [0.15, 0.2) is 7.28 Å². The molecule has 0 spiro atoms. The van der Waals surface area contributed by atoms with Gasteiger partial charge in [0, 0.05) is 19.2 Å². The number of rotatable bonds is 13. The molecule has 1 heterocycles. The molecule has 0 aromatic carbocycles. The Labute approximate surface area is 134 Å². The summed E-state index contributed by atoms with van der Waals surface area (Å²) in [6.07, 6.45) is 15.5. The van der Waals surface area contributed by atoms with Gasteiger partial charge in [-0.25, -0.2) is 0 Å². The maximum Gasteiger partial charge on any atom is 0.167 e. The van der Waals surface area contributed by atoms with Crippen LogP contribution in [0.2, 0.25) is 5.31 Å². The lowest BCUT2D eigenvalue weighted by Gasteiger charge is -2.31. The van der Waals surface area contributed by atoms with Gasteiger partial charge >= 0.3 is 0 Å². The Morgan fingerprint density at radius 3 is 1.81 bits per heavy atom. The van der Waals surface area contributed by atoms with E-state index in [0.717, 1.165) is 13.1 Å². The van der Waals surface area contributed by atoms with Crippen LogP contribution in [0.15, 0.2) is 0 Å². The van der Waals surface area contributed by atoms with Gasteiger partial charge in [-0.05, 0) is 0 Å². The van der Waals surface area contributed by atoms with Crippen molar-refractivity contribution in [3.8, 4) is 0 Å². The van der Waals surface area contributed by atoms with Crippen molar-refractivity contribution in [3.63, 3.8) is 0 Å². The number of hydrogen-bond donors (Lipinski definition) is 2. The highest BCUT2D eigenvalue weighted by atomic mass is 15.2. The van der Waals surface area contributed by atoms with Crippen LogP contribution in [0.4, 0.5) is 0 Å². The van der Waals surface area contributed by atoms with E-state index in [1.807, 2.05) is 0 Å². The molecule has 0 aliphatic carbocycles. The van der Waals surface area contributed by atoms with E-state index < -0.39 is 0 Å². The van der Waals surface area contributed by atoms with Gasteiger partial charge in [0.2, 0.25) is 0 Å². The first-order valence-electron chi connectivity index (χ1n) is 9.67. The van der Waals surface area contributed by atoms with Gasteiger partial charge in [0.1, 0.15) is 0 Å². The molecule has 1 fully saturated rings. The molecule has 0 aromatic heterocycles. The second-order valence-electron chi connectivity index (χ2n) is 7.45. The summed E-state index contributed by atoms with van der Waals surface area (Å²) in [6, 6.07) is 0.566. The lowest BCUT2D eigenvalue weighted by atomic mass is 9.47. The molecule has 21 heavy (non-hydrogen) atoms. The third kappa shape index (κ3) is 8.88. The van der Waals surface area contributed by atoms with Crippen molar-refractivity contribution in [2.75, 3.05) is 13.1 Å². The Morgan fingerprint density at radius 2 is 1.29 bits per heavy atom. The lowest BCUT2D eigenvalue weighted by Crippen LogP contribution is -2.42. The van der Waals surface area contributed by atoms with Crippen LogP contribution in [0.1, 0.15) is 91.4 Å². The highest BCUT2D eigenvalue weighted by Crippen LogP contribution is 2.38. The van der Waals surface area contributed by atoms with Crippen LogP contribution in [-0.2, 0) is 0 Å². The van der Waals surface area contributed by atoms with E-state index in [1.54, 1.807) is 0 Å². The smallest absolute Gasteiger partial charge is 0.167 e. The Kier molecular flexibility index (Phi) is 10.5. The molecule has 3 heteroatoms. The normalized spacial score (nSPS) is 18.8. The summed E-state index contributed by atoms with van der Waals surface area (Å²) >= 11 is 0. The van der Waals surface area contributed by atoms with Crippen LogP contribution in [0, 0.1) is 0 Å². The Morgan fingerprint density at radius 1 is 0.810 bits per heavy atom. The Hall–Kier alpha value is -0.0151. The summed E-state index contributed by atoms with van der Waals surface area (Å²) in [5.74, 6) is 0. The fourth-order valence-electron chi connectivity index (χ4n) is 3.67. The number of hydrogen-bond acceptors (Lipinski definition) is 2. The summed E-state index contributed by atoms with van der Waals surface area (Å²) in [5.41, 5.74) is 0. The maximum atomic E-state index is 3.61. The van der Waals surface area contributed by atoms with E-state index in [1.165, 1.54) is 77.9 Å². The van der Waals surface area contributed by atoms with Crippen molar-refractivity contribution in [2.24, 2.45) is 0 Å². The standard InChI is InChI=1S/C18H39BN2/c1-4-6-8-10-12-14-18(3,13-11-9-7-5-2)19-17-20-15-16-21-17/h17,19-21H,4-16H2,1-3H3. The monoisotopic (exact) mass is 294 g/mol. The molecular formula is C18H39BN2. The molecule has 1 aliphatic heterocycles. The average Bonchev–Trinajstić information content (AvgIpc) is 2.96. The minimum Gasteiger partial charge on any atom is -0.308 e. The molecule has 1 unspecified atom stereocenters. The predicted molar refractivity (Wildman–Crippen MR) is 97.4 cm³/mol. The summed E-state index contributed by atoms with van der Waals surface area (Å²) in [4.78, 5) is 0. The van der Waals surface area contributed by atoms with Gasteiger partial charge in [-0.2, -0.15) is 0 Å². The molecule has 0 bridgehead atoms. The predicted octanol–water partition coefficient (Wildman–Crippen LogP) is 4.41. The van der Waals surface area contributed by atoms with Crippen molar-refractivity contribution >= 4 is 7.28 Å². The van der Waals surface area contributed by atoms with Gasteiger partial charge < -0.3 is 10.6 Å². The van der Waals surface area contributed by atoms with Crippen LogP contribution in [-0.4, -0.2) is 26.4 Å². The van der Waals surface area contributed by atoms with Crippen LogP contribution in [0.25, 0.3) is 0 Å². The molecule has 2 nitrogen and oxygen atoms in total. The molecule has 0 aromatic rings. The first-order chi connectivity index (χ1) is 10.2. The van der Waals surface area contributed by atoms with E-state index in [4.69, 9.17) is 0 Å². The highest BCUT2D eigenvalue weighted by molar-refractivity contribution is 6.41. The van der Waals surface area contributed by atoms with E-state index >= 15 is 0 Å². The van der Waals surface area contributed by atoms with Gasteiger partial charge in [0.25, 0.3) is 0 Å². The molecule has 0 saturated carbocycles. The first-order valence-corrected chi connectivity index (χ1v) is 9.67. The molecule has 1 aliphatic rings. The summed E-state index contributed by atoms with van der Waals surface area (Å²) in [5, 5.41) is 7.76. The molecule has 1 atom stereocenters. The van der Waals surface area contributed by atoms with E-state index in [9.17, 15) is 0 Å². The zero-order valence-electron chi connectivity index (χ0n) is 15.0. The van der Waals surface area contributed by atoms with Crippen molar-refractivity contribution in [2.45, 2.75) is 103 Å². The third-order valence-corrected chi connectivity index (χ3v) is 5.12. The number of nitrogens with one attached hydrogen (secondary N) is 2. The fourth-order valence-corrected chi connectivity index (χ4v) is 3.67. The first kappa shape index (κ1) is 19.0. The van der Waals surface area contributed by atoms with Crippen molar-refractivity contribution in [3.05, 3.63) is 0 Å². The van der Waals surface area contributed by atoms with E-state index in [2.05, 4.69) is 31.4 Å². The Bertz CT molecular complexity index is 241. The topological polar surface area (TPSA) is 24.1 Å². The molecule has 2 N–H and O–H groups in total. The van der Waals surface area contributed by atoms with Crippen LogP contribution in [0.3, 0.4) is 0 Å². The highest BCUT2D eigenvalue weighted by Gasteiger charge is 2.30. The second kappa shape index (κ2) is 11.5. The molecule has 0 amide bonds. The molecular weight excluding hydrogens is 255 g/mol. The zero-order valence-corrected chi connectivity index (χ0v) is 15.0. The summed E-state index contributed by atoms with van der Waals surface area (Å²) in [7, 11) is 1.31. The Balaban J connectivity index is 2.31. The van der Waals surface area contributed by atoms with Crippen LogP contribution in [0.5, 0.6) is 0 Å². The SMILES string of the molecule is CCCCCCCC(C)(BC1NCCN1)CCCCCC.